The lowest BCUT2D eigenvalue weighted by molar-refractivity contribution is -0.139. The van der Waals surface area contributed by atoms with Gasteiger partial charge in [-0.25, -0.2) is 0 Å². The zero-order valence-electron chi connectivity index (χ0n) is 12.0. The first kappa shape index (κ1) is 14.7. The van der Waals surface area contributed by atoms with Crippen LogP contribution < -0.4 is 15.2 Å². The predicted molar refractivity (Wildman–Crippen MR) is 76.9 cm³/mol. The molecule has 5 nitrogen and oxygen atoms in total. The number of rotatable bonds is 4. The molecule has 2 rings (SSSR count). The van der Waals surface area contributed by atoms with E-state index in [1.54, 1.807) is 26.2 Å². The number of benzene rings is 1. The molecule has 1 unspecified atom stereocenters. The molecular weight excluding hydrogens is 256 g/mol. The highest BCUT2D eigenvalue weighted by molar-refractivity contribution is 5.81. The molecule has 0 saturated carbocycles. The zero-order valence-corrected chi connectivity index (χ0v) is 12.0. The molecule has 1 amide bonds. The maximum atomic E-state index is 12.3. The second-order valence-corrected chi connectivity index (χ2v) is 5.10. The lowest BCUT2D eigenvalue weighted by Crippen LogP contribution is -2.47. The van der Waals surface area contributed by atoms with Crippen molar-refractivity contribution >= 4 is 5.91 Å². The zero-order chi connectivity index (χ0) is 14.5. The van der Waals surface area contributed by atoms with Crippen LogP contribution in [0.25, 0.3) is 0 Å². The fourth-order valence-electron chi connectivity index (χ4n) is 2.29. The first-order chi connectivity index (χ1) is 9.60. The lowest BCUT2D eigenvalue weighted by Gasteiger charge is -2.32. The van der Waals surface area contributed by atoms with Gasteiger partial charge in [0.15, 0.2) is 6.10 Å². The molecule has 0 spiro atoms. The highest BCUT2D eigenvalue weighted by Crippen LogP contribution is 2.19. The standard InChI is InChI=1S/C15H22N2O3/c1-11(15(18)17-9-7-12(16)8-10-17)20-14-5-3-13(19-2)4-6-14/h3-6,11-12H,7-10,16H2,1-2H3. The molecule has 1 aliphatic rings. The maximum absolute atomic E-state index is 12.3. The van der Waals surface area contributed by atoms with Crippen molar-refractivity contribution in [3.63, 3.8) is 0 Å². The van der Waals surface area contributed by atoms with Crippen LogP contribution in [0.15, 0.2) is 24.3 Å². The summed E-state index contributed by atoms with van der Waals surface area (Å²) in [5.41, 5.74) is 5.84. The SMILES string of the molecule is COc1ccc(OC(C)C(=O)N2CCC(N)CC2)cc1. The third-order valence-electron chi connectivity index (χ3n) is 3.57. The first-order valence-corrected chi connectivity index (χ1v) is 6.95. The largest absolute Gasteiger partial charge is 0.497 e. The van der Waals surface area contributed by atoms with Crippen molar-refractivity contribution in [2.45, 2.75) is 31.9 Å². The number of methoxy groups -OCH3 is 1. The van der Waals surface area contributed by atoms with Gasteiger partial charge in [0.25, 0.3) is 5.91 Å². The Kier molecular flexibility index (Phi) is 4.84. The maximum Gasteiger partial charge on any atom is 0.263 e. The summed E-state index contributed by atoms with van der Waals surface area (Å²) < 4.78 is 10.8. The molecule has 5 heteroatoms. The number of carbonyl (C=O) groups is 1. The van der Waals surface area contributed by atoms with E-state index in [0.717, 1.165) is 31.7 Å². The van der Waals surface area contributed by atoms with Gasteiger partial charge in [-0.15, -0.1) is 0 Å². The molecule has 0 bridgehead atoms. The van der Waals surface area contributed by atoms with E-state index in [9.17, 15) is 4.79 Å². The van der Waals surface area contributed by atoms with E-state index in [4.69, 9.17) is 15.2 Å². The van der Waals surface area contributed by atoms with E-state index < -0.39 is 6.10 Å². The highest BCUT2D eigenvalue weighted by atomic mass is 16.5. The monoisotopic (exact) mass is 278 g/mol. The van der Waals surface area contributed by atoms with Crippen LogP contribution >= 0.6 is 0 Å². The summed E-state index contributed by atoms with van der Waals surface area (Å²) in [6.07, 6.45) is 1.24. The number of carbonyl (C=O) groups excluding carboxylic acids is 1. The van der Waals surface area contributed by atoms with E-state index in [-0.39, 0.29) is 11.9 Å². The molecule has 2 N–H and O–H groups in total. The number of nitrogens with zero attached hydrogens (tertiary/aromatic N) is 1. The van der Waals surface area contributed by atoms with Crippen LogP contribution in [-0.4, -0.2) is 43.2 Å². The minimum atomic E-state index is -0.488. The number of amides is 1. The molecular formula is C15H22N2O3. The van der Waals surface area contributed by atoms with Crippen molar-refractivity contribution in [3.8, 4) is 11.5 Å². The second-order valence-electron chi connectivity index (χ2n) is 5.10. The van der Waals surface area contributed by atoms with Crippen molar-refractivity contribution < 1.29 is 14.3 Å². The van der Waals surface area contributed by atoms with Crippen LogP contribution in [0.1, 0.15) is 19.8 Å². The van der Waals surface area contributed by atoms with E-state index in [1.165, 1.54) is 0 Å². The molecule has 1 aliphatic heterocycles. The Bertz CT molecular complexity index is 439. The number of hydrogen-bond acceptors (Lipinski definition) is 4. The quantitative estimate of drug-likeness (QED) is 0.904. The average Bonchev–Trinajstić information content (AvgIpc) is 2.48. The van der Waals surface area contributed by atoms with Gasteiger partial charge < -0.3 is 20.1 Å². The fraction of sp³-hybridized carbons (Fsp3) is 0.533. The average molecular weight is 278 g/mol. The molecule has 0 aliphatic carbocycles. The van der Waals surface area contributed by atoms with Gasteiger partial charge in [0, 0.05) is 19.1 Å². The van der Waals surface area contributed by atoms with Crippen LogP contribution in [-0.2, 0) is 4.79 Å². The molecule has 110 valence electrons. The van der Waals surface area contributed by atoms with Crippen molar-refractivity contribution in [1.82, 2.24) is 4.90 Å². The van der Waals surface area contributed by atoms with Gasteiger partial charge in [-0.1, -0.05) is 0 Å². The Morgan fingerprint density at radius 1 is 1.25 bits per heavy atom. The second kappa shape index (κ2) is 6.61. The molecule has 1 aromatic rings. The Labute approximate surface area is 119 Å². The minimum absolute atomic E-state index is 0.0210. The summed E-state index contributed by atoms with van der Waals surface area (Å²) in [6.45, 7) is 3.22. The van der Waals surface area contributed by atoms with Crippen molar-refractivity contribution in [2.75, 3.05) is 20.2 Å². The molecule has 1 aromatic carbocycles. The van der Waals surface area contributed by atoms with Crippen LogP contribution in [0.2, 0.25) is 0 Å². The molecule has 1 heterocycles. The van der Waals surface area contributed by atoms with Gasteiger partial charge >= 0.3 is 0 Å². The van der Waals surface area contributed by atoms with Gasteiger partial charge in [0.2, 0.25) is 0 Å². The topological polar surface area (TPSA) is 64.8 Å². The van der Waals surface area contributed by atoms with Crippen LogP contribution in [0.3, 0.4) is 0 Å². The lowest BCUT2D eigenvalue weighted by atomic mass is 10.1. The number of ether oxygens (including phenoxy) is 2. The summed E-state index contributed by atoms with van der Waals surface area (Å²) in [5.74, 6) is 1.45. The van der Waals surface area contributed by atoms with Gasteiger partial charge in [-0.2, -0.15) is 0 Å². The highest BCUT2D eigenvalue weighted by Gasteiger charge is 2.25. The van der Waals surface area contributed by atoms with Gasteiger partial charge in [-0.05, 0) is 44.0 Å². The Morgan fingerprint density at radius 2 is 1.80 bits per heavy atom. The van der Waals surface area contributed by atoms with Gasteiger partial charge in [0.05, 0.1) is 7.11 Å². The Balaban J connectivity index is 1.89. The third-order valence-corrected chi connectivity index (χ3v) is 3.57. The summed E-state index contributed by atoms with van der Waals surface area (Å²) >= 11 is 0. The van der Waals surface area contributed by atoms with Crippen molar-refractivity contribution in [1.29, 1.82) is 0 Å². The van der Waals surface area contributed by atoms with E-state index in [0.29, 0.717) is 5.75 Å². The predicted octanol–water partition coefficient (Wildman–Crippen LogP) is 1.41. The number of likely N-dealkylation sites (tertiary alicyclic amines) is 1. The molecule has 1 saturated heterocycles. The molecule has 0 radical (unpaired) electrons. The summed E-state index contributed by atoms with van der Waals surface area (Å²) in [7, 11) is 1.61. The summed E-state index contributed by atoms with van der Waals surface area (Å²) in [5, 5.41) is 0. The molecule has 20 heavy (non-hydrogen) atoms. The van der Waals surface area contributed by atoms with Crippen molar-refractivity contribution in [3.05, 3.63) is 24.3 Å². The summed E-state index contributed by atoms with van der Waals surface area (Å²) in [6, 6.07) is 7.44. The first-order valence-electron chi connectivity index (χ1n) is 6.95. The van der Waals surface area contributed by atoms with Gasteiger partial charge in [0.1, 0.15) is 11.5 Å². The smallest absolute Gasteiger partial charge is 0.263 e. The number of nitrogens with two attached hydrogens (primary N) is 1. The molecule has 1 fully saturated rings. The van der Waals surface area contributed by atoms with Crippen LogP contribution in [0.4, 0.5) is 0 Å². The van der Waals surface area contributed by atoms with Crippen molar-refractivity contribution in [2.24, 2.45) is 5.73 Å². The number of piperidine rings is 1. The normalized spacial score (nSPS) is 17.6. The Morgan fingerprint density at radius 3 is 2.35 bits per heavy atom. The molecule has 0 aromatic heterocycles. The van der Waals surface area contributed by atoms with E-state index in [2.05, 4.69) is 0 Å². The number of hydrogen-bond donors (Lipinski definition) is 1. The fourth-order valence-corrected chi connectivity index (χ4v) is 2.29. The minimum Gasteiger partial charge on any atom is -0.497 e. The summed E-state index contributed by atoms with van der Waals surface area (Å²) in [4.78, 5) is 14.1. The van der Waals surface area contributed by atoms with Gasteiger partial charge in [-0.3, -0.25) is 4.79 Å². The van der Waals surface area contributed by atoms with E-state index in [1.807, 2.05) is 17.0 Å². The van der Waals surface area contributed by atoms with Crippen LogP contribution in [0.5, 0.6) is 11.5 Å². The van der Waals surface area contributed by atoms with E-state index >= 15 is 0 Å². The third kappa shape index (κ3) is 3.63. The molecule has 1 atom stereocenters. The van der Waals surface area contributed by atoms with Crippen LogP contribution in [0, 0.1) is 0 Å². The Hall–Kier alpha value is -1.75.